The molecule has 0 fully saturated rings. The molecule has 5 rings (SSSR count). The number of carbonyl (C=O) groups excluding carboxylic acids is 3. The van der Waals surface area contributed by atoms with Gasteiger partial charge in [-0.25, -0.2) is 4.39 Å². The van der Waals surface area contributed by atoms with E-state index in [9.17, 15) is 18.8 Å². The monoisotopic (exact) mass is 486 g/mol. The van der Waals surface area contributed by atoms with Crippen LogP contribution in [-0.2, 0) is 6.54 Å². The van der Waals surface area contributed by atoms with E-state index in [1.807, 2.05) is 0 Å². The fraction of sp³-hybridized carbons (Fsp3) is 0.120. The number of nitrogens with zero attached hydrogens (tertiary/aromatic N) is 5. The maximum absolute atomic E-state index is 14.4. The van der Waals surface area contributed by atoms with Crippen LogP contribution in [0.5, 0.6) is 5.75 Å². The van der Waals surface area contributed by atoms with Crippen LogP contribution < -0.4 is 10.1 Å². The fourth-order valence-electron chi connectivity index (χ4n) is 4.00. The summed E-state index contributed by atoms with van der Waals surface area (Å²) >= 11 is 0. The Morgan fingerprint density at radius 1 is 1.03 bits per heavy atom. The number of fused-ring (bicyclic) bond motifs is 1. The average Bonchev–Trinajstić information content (AvgIpc) is 3.42. The van der Waals surface area contributed by atoms with Crippen molar-refractivity contribution in [3.05, 3.63) is 94.6 Å². The molecular weight excluding hydrogens is 467 g/mol. The Labute approximate surface area is 204 Å². The van der Waals surface area contributed by atoms with Gasteiger partial charge in [-0.15, -0.1) is 5.10 Å². The van der Waals surface area contributed by atoms with Gasteiger partial charge in [0.1, 0.15) is 17.3 Å². The zero-order chi connectivity index (χ0) is 25.4. The first-order chi connectivity index (χ1) is 17.4. The van der Waals surface area contributed by atoms with Crippen LogP contribution in [0, 0.1) is 12.7 Å². The number of aryl methyl sites for hydroxylation is 1. The van der Waals surface area contributed by atoms with Gasteiger partial charge < -0.3 is 10.1 Å². The van der Waals surface area contributed by atoms with Crippen molar-refractivity contribution in [2.45, 2.75) is 13.5 Å². The normalized spacial score (nSPS) is 12.6. The van der Waals surface area contributed by atoms with E-state index in [1.54, 1.807) is 49.4 Å². The summed E-state index contributed by atoms with van der Waals surface area (Å²) in [6.07, 6.45) is 0. The molecule has 0 unspecified atom stereocenters. The summed E-state index contributed by atoms with van der Waals surface area (Å²) in [5, 5.41) is 13.7. The lowest BCUT2D eigenvalue weighted by Crippen LogP contribution is -2.29. The smallest absolute Gasteiger partial charge is 0.261 e. The first-order valence-corrected chi connectivity index (χ1v) is 10.9. The van der Waals surface area contributed by atoms with E-state index >= 15 is 0 Å². The molecule has 0 atom stereocenters. The summed E-state index contributed by atoms with van der Waals surface area (Å²) in [4.78, 5) is 39.8. The molecule has 1 aliphatic rings. The summed E-state index contributed by atoms with van der Waals surface area (Å²) in [5.41, 5.74) is 1.80. The van der Waals surface area contributed by atoms with E-state index in [2.05, 4.69) is 20.8 Å². The van der Waals surface area contributed by atoms with Crippen molar-refractivity contribution < 1.29 is 23.5 Å². The van der Waals surface area contributed by atoms with Crippen molar-refractivity contribution >= 4 is 23.4 Å². The Kier molecular flexibility index (Phi) is 5.72. The van der Waals surface area contributed by atoms with E-state index in [0.717, 1.165) is 4.90 Å². The number of imide groups is 1. The second-order valence-electron chi connectivity index (χ2n) is 8.03. The van der Waals surface area contributed by atoms with Crippen LogP contribution in [0.3, 0.4) is 0 Å². The van der Waals surface area contributed by atoms with Crippen LogP contribution in [0.4, 0.5) is 10.1 Å². The highest BCUT2D eigenvalue weighted by Gasteiger charge is 2.35. The Morgan fingerprint density at radius 3 is 2.39 bits per heavy atom. The number of anilines is 1. The van der Waals surface area contributed by atoms with Crippen molar-refractivity contribution in [3.63, 3.8) is 0 Å². The molecule has 4 aromatic rings. The standard InChI is InChI=1S/C25H19FN6O4/c1-14-28-29-30-32(14)21-12-16(8-9-20(21)26)27-23(33)19-11-15(7-10-22(19)36-2)13-31-24(34)17-5-3-4-6-18(17)25(31)35/h3-12H,13H2,1-2H3,(H,27,33). The lowest BCUT2D eigenvalue weighted by molar-refractivity contribution is 0.0642. The summed E-state index contributed by atoms with van der Waals surface area (Å²) in [6, 6.07) is 15.4. The molecule has 0 saturated carbocycles. The van der Waals surface area contributed by atoms with Crippen LogP contribution in [0.2, 0.25) is 0 Å². The molecule has 180 valence electrons. The number of tetrazole rings is 1. The number of ether oxygens (including phenoxy) is 1. The van der Waals surface area contributed by atoms with Gasteiger partial charge in [-0.2, -0.15) is 4.68 Å². The molecule has 0 aliphatic carbocycles. The first kappa shape index (κ1) is 22.8. The molecular formula is C25H19FN6O4. The van der Waals surface area contributed by atoms with Crippen molar-refractivity contribution in [1.82, 2.24) is 25.1 Å². The number of halogens is 1. The molecule has 0 saturated heterocycles. The maximum atomic E-state index is 14.4. The zero-order valence-corrected chi connectivity index (χ0v) is 19.2. The van der Waals surface area contributed by atoms with Gasteiger partial charge in [0.05, 0.1) is 30.3 Å². The number of nitrogens with one attached hydrogen (secondary N) is 1. The molecule has 0 bridgehead atoms. The third kappa shape index (κ3) is 3.96. The zero-order valence-electron chi connectivity index (χ0n) is 19.2. The first-order valence-electron chi connectivity index (χ1n) is 10.9. The Balaban J connectivity index is 1.40. The Morgan fingerprint density at radius 2 is 1.75 bits per heavy atom. The SMILES string of the molecule is COc1ccc(CN2C(=O)c3ccccc3C2=O)cc1C(=O)Nc1ccc(F)c(-n2nnnc2C)c1. The van der Waals surface area contributed by atoms with E-state index in [1.165, 1.54) is 30.0 Å². The van der Waals surface area contributed by atoms with Crippen LogP contribution in [-0.4, -0.2) is 49.9 Å². The minimum absolute atomic E-state index is 0.0180. The number of benzene rings is 3. The van der Waals surface area contributed by atoms with E-state index in [-0.39, 0.29) is 23.5 Å². The molecule has 3 amide bonds. The number of hydrogen-bond acceptors (Lipinski definition) is 7. The van der Waals surface area contributed by atoms with Crippen molar-refractivity contribution in [2.75, 3.05) is 12.4 Å². The molecule has 2 heterocycles. The quantitative estimate of drug-likeness (QED) is 0.416. The average molecular weight is 486 g/mol. The van der Waals surface area contributed by atoms with Crippen molar-refractivity contribution in [2.24, 2.45) is 0 Å². The Bertz CT molecular complexity index is 1500. The Hall–Kier alpha value is -4.93. The molecule has 1 aromatic heterocycles. The predicted octanol–water partition coefficient (Wildman–Crippen LogP) is 3.17. The summed E-state index contributed by atoms with van der Waals surface area (Å²) in [6.45, 7) is 1.60. The minimum atomic E-state index is -0.566. The lowest BCUT2D eigenvalue weighted by atomic mass is 10.1. The van der Waals surface area contributed by atoms with Gasteiger partial charge in [-0.1, -0.05) is 18.2 Å². The summed E-state index contributed by atoms with van der Waals surface area (Å²) < 4.78 is 20.9. The molecule has 0 radical (unpaired) electrons. The largest absolute Gasteiger partial charge is 0.496 e. The highest BCUT2D eigenvalue weighted by molar-refractivity contribution is 6.21. The number of methoxy groups -OCH3 is 1. The fourth-order valence-corrected chi connectivity index (χ4v) is 4.00. The second kappa shape index (κ2) is 9.02. The minimum Gasteiger partial charge on any atom is -0.496 e. The molecule has 1 aliphatic heterocycles. The lowest BCUT2D eigenvalue weighted by Gasteiger charge is -2.16. The van der Waals surface area contributed by atoms with E-state index in [4.69, 9.17) is 4.74 Å². The number of hydrogen-bond donors (Lipinski definition) is 1. The number of rotatable bonds is 6. The third-order valence-electron chi connectivity index (χ3n) is 5.78. The summed E-state index contributed by atoms with van der Waals surface area (Å²) in [7, 11) is 1.42. The number of amides is 3. The molecule has 10 nitrogen and oxygen atoms in total. The van der Waals surface area contributed by atoms with Gasteiger partial charge in [0.15, 0.2) is 5.82 Å². The van der Waals surface area contributed by atoms with Gasteiger partial charge in [-0.05, 0) is 65.4 Å². The third-order valence-corrected chi connectivity index (χ3v) is 5.78. The van der Waals surface area contributed by atoms with E-state index < -0.39 is 23.5 Å². The van der Waals surface area contributed by atoms with Crippen molar-refractivity contribution in [3.8, 4) is 11.4 Å². The van der Waals surface area contributed by atoms with Gasteiger partial charge in [0, 0.05) is 5.69 Å². The summed E-state index contributed by atoms with van der Waals surface area (Å²) in [5.74, 6) is -1.22. The highest BCUT2D eigenvalue weighted by atomic mass is 19.1. The number of aromatic nitrogens is 4. The van der Waals surface area contributed by atoms with Crippen molar-refractivity contribution in [1.29, 1.82) is 0 Å². The van der Waals surface area contributed by atoms with Crippen LogP contribution in [0.1, 0.15) is 42.5 Å². The topological polar surface area (TPSA) is 119 Å². The van der Waals surface area contributed by atoms with E-state index in [0.29, 0.717) is 28.2 Å². The molecule has 11 heteroatoms. The van der Waals surface area contributed by atoms with Gasteiger partial charge >= 0.3 is 0 Å². The molecule has 3 aromatic carbocycles. The van der Waals surface area contributed by atoms with Crippen LogP contribution in [0.25, 0.3) is 5.69 Å². The van der Waals surface area contributed by atoms with Crippen LogP contribution in [0.15, 0.2) is 60.7 Å². The molecule has 0 spiro atoms. The number of carbonyl (C=O) groups is 3. The molecule has 36 heavy (non-hydrogen) atoms. The van der Waals surface area contributed by atoms with Gasteiger partial charge in [-0.3, -0.25) is 19.3 Å². The van der Waals surface area contributed by atoms with Crippen LogP contribution >= 0.6 is 0 Å². The molecule has 1 N–H and O–H groups in total. The maximum Gasteiger partial charge on any atom is 0.261 e. The predicted molar refractivity (Wildman–Crippen MR) is 125 cm³/mol. The highest BCUT2D eigenvalue weighted by Crippen LogP contribution is 2.27. The van der Waals surface area contributed by atoms with Gasteiger partial charge in [0.2, 0.25) is 0 Å². The van der Waals surface area contributed by atoms with Gasteiger partial charge in [0.25, 0.3) is 17.7 Å². The second-order valence-corrected chi connectivity index (χ2v) is 8.03.